The molecule has 3 rings (SSSR count). The fourth-order valence-corrected chi connectivity index (χ4v) is 3.24. The van der Waals surface area contributed by atoms with Gasteiger partial charge in [0.2, 0.25) is 0 Å². The molecule has 2 aliphatic rings. The third-order valence-corrected chi connectivity index (χ3v) is 4.38. The Kier molecular flexibility index (Phi) is 3.22. The maximum Gasteiger partial charge on any atom is 0.0707 e. The van der Waals surface area contributed by atoms with Crippen LogP contribution >= 0.6 is 11.6 Å². The van der Waals surface area contributed by atoms with Crippen molar-refractivity contribution in [1.82, 2.24) is 4.90 Å². The van der Waals surface area contributed by atoms with Gasteiger partial charge in [0.1, 0.15) is 0 Å². The highest BCUT2D eigenvalue weighted by Gasteiger charge is 2.33. The molecule has 2 atom stereocenters. The van der Waals surface area contributed by atoms with E-state index < -0.39 is 0 Å². The van der Waals surface area contributed by atoms with Crippen LogP contribution in [0.2, 0.25) is 5.02 Å². The van der Waals surface area contributed by atoms with E-state index in [1.165, 1.54) is 18.4 Å². The molecule has 2 N–H and O–H groups in total. The van der Waals surface area contributed by atoms with Crippen LogP contribution in [-0.4, -0.2) is 30.2 Å². The number of halogens is 1. The van der Waals surface area contributed by atoms with Crippen LogP contribution in [0, 0.1) is 6.92 Å². The van der Waals surface area contributed by atoms with Crippen molar-refractivity contribution in [3.63, 3.8) is 0 Å². The Labute approximate surface area is 113 Å². The number of nitrogen functional groups attached to an aromatic ring is 1. The largest absolute Gasteiger partial charge is 0.399 e. The quantitative estimate of drug-likeness (QED) is 0.837. The van der Waals surface area contributed by atoms with Gasteiger partial charge in [-0.2, -0.15) is 0 Å². The van der Waals surface area contributed by atoms with Gasteiger partial charge < -0.3 is 10.5 Å². The van der Waals surface area contributed by atoms with Crippen molar-refractivity contribution in [3.8, 4) is 0 Å². The lowest BCUT2D eigenvalue weighted by Gasteiger charge is -2.32. The first-order chi connectivity index (χ1) is 8.61. The number of nitrogens with two attached hydrogens (primary N) is 1. The van der Waals surface area contributed by atoms with Gasteiger partial charge in [-0.1, -0.05) is 11.6 Å². The van der Waals surface area contributed by atoms with E-state index in [-0.39, 0.29) is 0 Å². The maximum atomic E-state index is 6.18. The van der Waals surface area contributed by atoms with Gasteiger partial charge in [0.25, 0.3) is 0 Å². The van der Waals surface area contributed by atoms with E-state index in [1.807, 2.05) is 12.1 Å². The average molecular weight is 267 g/mol. The molecule has 98 valence electrons. The first kappa shape index (κ1) is 12.3. The zero-order valence-electron chi connectivity index (χ0n) is 10.7. The number of morpholine rings is 1. The fraction of sp³-hybridized carbons (Fsp3) is 0.571. The molecule has 18 heavy (non-hydrogen) atoms. The predicted octanol–water partition coefficient (Wildman–Crippen LogP) is 2.59. The number of benzene rings is 1. The lowest BCUT2D eigenvalue weighted by molar-refractivity contribution is -0.0411. The van der Waals surface area contributed by atoms with Crippen LogP contribution in [0.15, 0.2) is 12.1 Å². The molecule has 3 nitrogen and oxygen atoms in total. The molecule has 0 saturated carbocycles. The van der Waals surface area contributed by atoms with Gasteiger partial charge in [-0.3, -0.25) is 4.90 Å². The zero-order chi connectivity index (χ0) is 12.7. The number of anilines is 1. The molecular weight excluding hydrogens is 248 g/mol. The van der Waals surface area contributed by atoms with E-state index in [0.717, 1.165) is 35.9 Å². The Morgan fingerprint density at radius 2 is 2.00 bits per heavy atom. The smallest absolute Gasteiger partial charge is 0.0707 e. The second-order valence-electron chi connectivity index (χ2n) is 5.44. The molecule has 2 fully saturated rings. The average Bonchev–Trinajstić information content (AvgIpc) is 2.65. The summed E-state index contributed by atoms with van der Waals surface area (Å²) in [6, 6.07) is 3.86. The van der Waals surface area contributed by atoms with Crippen molar-refractivity contribution in [2.45, 2.75) is 38.5 Å². The Balaban J connectivity index is 1.76. The fourth-order valence-electron chi connectivity index (χ4n) is 2.99. The Bertz CT molecular complexity index is 451. The van der Waals surface area contributed by atoms with Gasteiger partial charge in [-0.05, 0) is 43.0 Å². The SMILES string of the molecule is Cc1c(Cl)cc(N)cc1CN1CC2CCC(C1)O2. The zero-order valence-corrected chi connectivity index (χ0v) is 11.4. The highest BCUT2D eigenvalue weighted by atomic mass is 35.5. The number of hydrogen-bond acceptors (Lipinski definition) is 3. The number of rotatable bonds is 2. The summed E-state index contributed by atoms with van der Waals surface area (Å²) < 4.78 is 5.85. The summed E-state index contributed by atoms with van der Waals surface area (Å²) in [5.74, 6) is 0. The standard InChI is InChI=1S/C14H19ClN2O/c1-9-10(4-11(16)5-14(9)15)6-17-7-12-2-3-13(8-17)18-12/h4-5,12-13H,2-3,6-8,16H2,1H3. The second-order valence-corrected chi connectivity index (χ2v) is 5.85. The summed E-state index contributed by atoms with van der Waals surface area (Å²) >= 11 is 6.18. The van der Waals surface area contributed by atoms with Gasteiger partial charge in [-0.15, -0.1) is 0 Å². The van der Waals surface area contributed by atoms with Crippen LogP contribution in [-0.2, 0) is 11.3 Å². The van der Waals surface area contributed by atoms with E-state index >= 15 is 0 Å². The van der Waals surface area contributed by atoms with Crippen molar-refractivity contribution in [2.24, 2.45) is 0 Å². The molecule has 0 amide bonds. The molecule has 0 aliphatic carbocycles. The minimum atomic E-state index is 0.431. The predicted molar refractivity (Wildman–Crippen MR) is 73.8 cm³/mol. The van der Waals surface area contributed by atoms with Crippen LogP contribution < -0.4 is 5.73 Å². The summed E-state index contributed by atoms with van der Waals surface area (Å²) in [6.45, 7) is 5.05. The molecule has 0 radical (unpaired) electrons. The van der Waals surface area contributed by atoms with Crippen LogP contribution in [0.5, 0.6) is 0 Å². The lowest BCUT2D eigenvalue weighted by atomic mass is 10.1. The van der Waals surface area contributed by atoms with Crippen LogP contribution in [0.3, 0.4) is 0 Å². The molecular formula is C14H19ClN2O. The molecule has 2 aliphatic heterocycles. The van der Waals surface area contributed by atoms with Crippen LogP contribution in [0.4, 0.5) is 5.69 Å². The molecule has 1 aromatic rings. The number of likely N-dealkylation sites (tertiary alicyclic amines) is 1. The summed E-state index contributed by atoms with van der Waals surface area (Å²) in [4.78, 5) is 2.46. The highest BCUT2D eigenvalue weighted by Crippen LogP contribution is 2.29. The van der Waals surface area contributed by atoms with E-state index in [1.54, 1.807) is 0 Å². The second kappa shape index (κ2) is 4.72. The Morgan fingerprint density at radius 3 is 2.67 bits per heavy atom. The summed E-state index contributed by atoms with van der Waals surface area (Å²) in [5.41, 5.74) is 9.00. The number of fused-ring (bicyclic) bond motifs is 2. The first-order valence-corrected chi connectivity index (χ1v) is 6.92. The van der Waals surface area contributed by atoms with Gasteiger partial charge >= 0.3 is 0 Å². The topological polar surface area (TPSA) is 38.5 Å². The Morgan fingerprint density at radius 1 is 1.33 bits per heavy atom. The Hall–Kier alpha value is -0.770. The van der Waals surface area contributed by atoms with E-state index in [4.69, 9.17) is 22.1 Å². The van der Waals surface area contributed by atoms with Gasteiger partial charge in [-0.25, -0.2) is 0 Å². The van der Waals surface area contributed by atoms with Crippen molar-refractivity contribution in [3.05, 3.63) is 28.3 Å². The summed E-state index contributed by atoms with van der Waals surface area (Å²) in [7, 11) is 0. The van der Waals surface area contributed by atoms with E-state index in [0.29, 0.717) is 12.2 Å². The third kappa shape index (κ3) is 2.35. The van der Waals surface area contributed by atoms with Gasteiger partial charge in [0, 0.05) is 30.3 Å². The summed E-state index contributed by atoms with van der Waals surface area (Å²) in [6.07, 6.45) is 3.27. The molecule has 4 heteroatoms. The number of nitrogens with zero attached hydrogens (tertiary/aromatic N) is 1. The highest BCUT2D eigenvalue weighted by molar-refractivity contribution is 6.31. The van der Waals surface area contributed by atoms with Crippen LogP contribution in [0.1, 0.15) is 24.0 Å². The summed E-state index contributed by atoms with van der Waals surface area (Å²) in [5, 5.41) is 0.765. The van der Waals surface area contributed by atoms with Crippen molar-refractivity contribution in [2.75, 3.05) is 18.8 Å². The van der Waals surface area contributed by atoms with Crippen molar-refractivity contribution in [1.29, 1.82) is 0 Å². The third-order valence-electron chi connectivity index (χ3n) is 3.99. The first-order valence-electron chi connectivity index (χ1n) is 6.54. The van der Waals surface area contributed by atoms with Crippen molar-refractivity contribution >= 4 is 17.3 Å². The maximum absolute atomic E-state index is 6.18. The van der Waals surface area contributed by atoms with Gasteiger partial charge in [0.15, 0.2) is 0 Å². The number of ether oxygens (including phenoxy) is 1. The molecule has 2 heterocycles. The normalized spacial score (nSPS) is 27.7. The molecule has 0 spiro atoms. The van der Waals surface area contributed by atoms with Gasteiger partial charge in [0.05, 0.1) is 12.2 Å². The minimum Gasteiger partial charge on any atom is -0.399 e. The molecule has 1 aromatic carbocycles. The van der Waals surface area contributed by atoms with Crippen LogP contribution in [0.25, 0.3) is 0 Å². The molecule has 2 bridgehead atoms. The monoisotopic (exact) mass is 266 g/mol. The lowest BCUT2D eigenvalue weighted by Crippen LogP contribution is -2.42. The molecule has 2 saturated heterocycles. The van der Waals surface area contributed by atoms with E-state index in [2.05, 4.69) is 11.8 Å². The van der Waals surface area contributed by atoms with E-state index in [9.17, 15) is 0 Å². The number of hydrogen-bond donors (Lipinski definition) is 1. The molecule has 0 aromatic heterocycles. The van der Waals surface area contributed by atoms with Crippen molar-refractivity contribution < 1.29 is 4.74 Å². The minimum absolute atomic E-state index is 0.431. The molecule has 2 unspecified atom stereocenters.